The number of hydrogen-bond donors (Lipinski definition) is 1. The summed E-state index contributed by atoms with van der Waals surface area (Å²) in [5.41, 5.74) is 1.80. The topological polar surface area (TPSA) is 55.2 Å². The molecule has 2 aromatic carbocycles. The minimum atomic E-state index is 0.369. The Labute approximate surface area is 166 Å². The number of benzene rings is 2. The molecule has 0 bridgehead atoms. The number of ether oxygens (including phenoxy) is 1. The van der Waals surface area contributed by atoms with E-state index in [0.29, 0.717) is 21.4 Å². The summed E-state index contributed by atoms with van der Waals surface area (Å²) < 4.78 is 7.85. The summed E-state index contributed by atoms with van der Waals surface area (Å²) in [5, 5.41) is 12.4. The minimum Gasteiger partial charge on any atom is -0.489 e. The standard InChI is InChI=1S/C18H16Cl2N4OS/c1-2-17-22-23-18(26)24(17)21-10-12-3-7-15(8-4-12)25-11-13-5-6-14(19)9-16(13)20/h3-10H,2,11H2,1H3,(H,23,26)/b21-10+. The van der Waals surface area contributed by atoms with E-state index in [1.54, 1.807) is 23.0 Å². The van der Waals surface area contributed by atoms with Crippen molar-refractivity contribution in [1.82, 2.24) is 14.9 Å². The molecule has 0 saturated heterocycles. The summed E-state index contributed by atoms with van der Waals surface area (Å²) in [5.74, 6) is 1.52. The second-order valence-electron chi connectivity index (χ2n) is 5.45. The molecular formula is C18H16Cl2N4OS. The van der Waals surface area contributed by atoms with Crippen molar-refractivity contribution in [2.75, 3.05) is 0 Å². The lowest BCUT2D eigenvalue weighted by Crippen LogP contribution is -1.98. The molecule has 0 aliphatic heterocycles. The van der Waals surface area contributed by atoms with Crippen LogP contribution in [0, 0.1) is 4.77 Å². The maximum atomic E-state index is 6.15. The lowest BCUT2D eigenvalue weighted by molar-refractivity contribution is 0.306. The van der Waals surface area contributed by atoms with Crippen LogP contribution in [0.3, 0.4) is 0 Å². The first kappa shape index (κ1) is 18.6. The number of hydrogen-bond acceptors (Lipinski definition) is 4. The highest BCUT2D eigenvalue weighted by molar-refractivity contribution is 7.71. The summed E-state index contributed by atoms with van der Waals surface area (Å²) in [6.45, 7) is 2.36. The quantitative estimate of drug-likeness (QED) is 0.447. The molecule has 0 aliphatic rings. The van der Waals surface area contributed by atoms with Crippen molar-refractivity contribution in [2.24, 2.45) is 5.10 Å². The van der Waals surface area contributed by atoms with Gasteiger partial charge in [0.2, 0.25) is 4.77 Å². The first-order chi connectivity index (χ1) is 12.6. The largest absolute Gasteiger partial charge is 0.489 e. The van der Waals surface area contributed by atoms with Gasteiger partial charge in [-0.1, -0.05) is 36.2 Å². The van der Waals surface area contributed by atoms with Crippen molar-refractivity contribution in [3.05, 3.63) is 74.2 Å². The second-order valence-corrected chi connectivity index (χ2v) is 6.68. The Bertz CT molecular complexity index is 980. The molecule has 0 aliphatic carbocycles. The molecule has 0 radical (unpaired) electrons. The molecule has 0 atom stereocenters. The van der Waals surface area contributed by atoms with E-state index in [2.05, 4.69) is 15.3 Å². The molecule has 1 heterocycles. The summed E-state index contributed by atoms with van der Waals surface area (Å²) in [6.07, 6.45) is 2.47. The number of nitrogens with one attached hydrogen (secondary N) is 1. The van der Waals surface area contributed by atoms with Gasteiger partial charge in [0.1, 0.15) is 12.4 Å². The maximum absolute atomic E-state index is 6.15. The molecule has 26 heavy (non-hydrogen) atoms. The Morgan fingerprint density at radius 3 is 2.69 bits per heavy atom. The summed E-state index contributed by atoms with van der Waals surface area (Å²) >= 11 is 17.2. The van der Waals surface area contributed by atoms with Crippen molar-refractivity contribution in [2.45, 2.75) is 20.0 Å². The molecule has 3 aromatic rings. The number of aromatic nitrogens is 3. The van der Waals surface area contributed by atoms with E-state index < -0.39 is 0 Å². The average molecular weight is 407 g/mol. The van der Waals surface area contributed by atoms with Crippen LogP contribution < -0.4 is 4.74 Å². The van der Waals surface area contributed by atoms with Gasteiger partial charge in [0, 0.05) is 22.0 Å². The molecular weight excluding hydrogens is 391 g/mol. The first-order valence-corrected chi connectivity index (χ1v) is 9.10. The van der Waals surface area contributed by atoms with Crippen LogP contribution >= 0.6 is 35.4 Å². The molecule has 1 aromatic heterocycles. The van der Waals surface area contributed by atoms with Crippen molar-refractivity contribution in [3.8, 4) is 5.75 Å². The van der Waals surface area contributed by atoms with Gasteiger partial charge in [-0.25, -0.2) is 0 Å². The van der Waals surface area contributed by atoms with Crippen LogP contribution in [-0.2, 0) is 13.0 Å². The predicted octanol–water partition coefficient (Wildman–Crippen LogP) is 5.27. The zero-order valence-electron chi connectivity index (χ0n) is 13.9. The van der Waals surface area contributed by atoms with E-state index in [0.717, 1.165) is 29.1 Å². The van der Waals surface area contributed by atoms with E-state index in [-0.39, 0.29) is 0 Å². The van der Waals surface area contributed by atoms with Crippen LogP contribution in [0.4, 0.5) is 0 Å². The molecule has 3 rings (SSSR count). The minimum absolute atomic E-state index is 0.369. The fraction of sp³-hybridized carbons (Fsp3) is 0.167. The predicted molar refractivity (Wildman–Crippen MR) is 107 cm³/mol. The second kappa shape index (κ2) is 8.49. The summed E-state index contributed by atoms with van der Waals surface area (Å²) in [6, 6.07) is 12.9. The zero-order valence-corrected chi connectivity index (χ0v) is 16.3. The van der Waals surface area contributed by atoms with Crippen LogP contribution in [0.1, 0.15) is 23.9 Å². The molecule has 0 fully saturated rings. The van der Waals surface area contributed by atoms with E-state index >= 15 is 0 Å². The van der Waals surface area contributed by atoms with Gasteiger partial charge in [-0.15, -0.1) is 0 Å². The molecule has 5 nitrogen and oxygen atoms in total. The van der Waals surface area contributed by atoms with Gasteiger partial charge < -0.3 is 4.74 Å². The molecule has 0 unspecified atom stereocenters. The number of aromatic amines is 1. The van der Waals surface area contributed by atoms with Gasteiger partial charge in [-0.2, -0.15) is 14.9 Å². The number of aryl methyl sites for hydroxylation is 1. The van der Waals surface area contributed by atoms with E-state index in [4.69, 9.17) is 40.2 Å². The Morgan fingerprint density at radius 2 is 2.00 bits per heavy atom. The normalized spacial score (nSPS) is 11.2. The third kappa shape index (κ3) is 4.52. The van der Waals surface area contributed by atoms with Crippen LogP contribution in [0.2, 0.25) is 10.0 Å². The zero-order chi connectivity index (χ0) is 18.5. The highest BCUT2D eigenvalue weighted by atomic mass is 35.5. The average Bonchev–Trinajstić information content (AvgIpc) is 3.00. The van der Waals surface area contributed by atoms with Gasteiger partial charge >= 0.3 is 0 Å². The summed E-state index contributed by atoms with van der Waals surface area (Å²) in [7, 11) is 0. The summed E-state index contributed by atoms with van der Waals surface area (Å²) in [4.78, 5) is 0. The van der Waals surface area contributed by atoms with Gasteiger partial charge in [0.25, 0.3) is 0 Å². The van der Waals surface area contributed by atoms with Gasteiger partial charge in [0.15, 0.2) is 5.82 Å². The lowest BCUT2D eigenvalue weighted by Gasteiger charge is -2.08. The van der Waals surface area contributed by atoms with Crippen LogP contribution in [0.25, 0.3) is 0 Å². The first-order valence-electron chi connectivity index (χ1n) is 7.94. The third-order valence-electron chi connectivity index (χ3n) is 3.65. The fourth-order valence-corrected chi connectivity index (χ4v) is 2.91. The molecule has 8 heteroatoms. The van der Waals surface area contributed by atoms with Crippen molar-refractivity contribution in [1.29, 1.82) is 0 Å². The molecule has 0 spiro atoms. The van der Waals surface area contributed by atoms with Crippen LogP contribution in [0.15, 0.2) is 47.6 Å². The van der Waals surface area contributed by atoms with E-state index in [9.17, 15) is 0 Å². The SMILES string of the molecule is CCc1n[nH]c(=S)n1/N=C/c1ccc(OCc2ccc(Cl)cc2Cl)cc1. The smallest absolute Gasteiger partial charge is 0.216 e. The van der Waals surface area contributed by atoms with Crippen molar-refractivity contribution >= 4 is 41.6 Å². The monoisotopic (exact) mass is 406 g/mol. The number of nitrogens with zero attached hydrogens (tertiary/aromatic N) is 3. The highest BCUT2D eigenvalue weighted by Gasteiger charge is 2.03. The van der Waals surface area contributed by atoms with Crippen LogP contribution in [0.5, 0.6) is 5.75 Å². The Morgan fingerprint density at radius 1 is 1.23 bits per heavy atom. The van der Waals surface area contributed by atoms with Gasteiger partial charge in [-0.05, 0) is 54.2 Å². The Hall–Kier alpha value is -2.15. The van der Waals surface area contributed by atoms with Crippen LogP contribution in [-0.4, -0.2) is 21.1 Å². The molecule has 0 saturated carbocycles. The Kier molecular flexibility index (Phi) is 6.08. The third-order valence-corrected chi connectivity index (χ3v) is 4.50. The van der Waals surface area contributed by atoms with Crippen molar-refractivity contribution < 1.29 is 4.74 Å². The molecule has 134 valence electrons. The lowest BCUT2D eigenvalue weighted by atomic mass is 10.2. The van der Waals surface area contributed by atoms with Gasteiger partial charge in [0.05, 0.1) is 6.21 Å². The maximum Gasteiger partial charge on any atom is 0.216 e. The highest BCUT2D eigenvalue weighted by Crippen LogP contribution is 2.22. The molecule has 1 N–H and O–H groups in total. The molecule has 0 amide bonds. The number of rotatable bonds is 6. The fourth-order valence-electron chi connectivity index (χ4n) is 2.25. The van der Waals surface area contributed by atoms with Gasteiger partial charge in [-0.3, -0.25) is 5.10 Å². The van der Waals surface area contributed by atoms with E-state index in [1.807, 2.05) is 37.3 Å². The number of H-pyrrole nitrogens is 1. The van der Waals surface area contributed by atoms with Crippen molar-refractivity contribution in [3.63, 3.8) is 0 Å². The number of halogens is 2. The van der Waals surface area contributed by atoms with E-state index in [1.165, 1.54) is 0 Å². The Balaban J connectivity index is 1.66.